The van der Waals surface area contributed by atoms with Crippen LogP contribution in [0.5, 0.6) is 0 Å². The summed E-state index contributed by atoms with van der Waals surface area (Å²) < 4.78 is 0. The minimum atomic E-state index is -0.383. The quantitative estimate of drug-likeness (QED) is 0.576. The number of hydrogen-bond acceptors (Lipinski definition) is 3. The predicted molar refractivity (Wildman–Crippen MR) is 85.0 cm³/mol. The van der Waals surface area contributed by atoms with Gasteiger partial charge in [-0.05, 0) is 26.1 Å². The molecule has 0 aromatic carbocycles. The zero-order chi connectivity index (χ0) is 15.2. The molecule has 2 aliphatic rings. The average molecular weight is 291 g/mol. The highest BCUT2D eigenvalue weighted by atomic mass is 16.1. The number of nitrogens with zero attached hydrogens (tertiary/aromatic N) is 2. The van der Waals surface area contributed by atoms with E-state index in [9.17, 15) is 4.79 Å². The van der Waals surface area contributed by atoms with Crippen LogP contribution in [0.4, 0.5) is 0 Å². The third-order valence-electron chi connectivity index (χ3n) is 3.97. The van der Waals surface area contributed by atoms with E-state index in [1.165, 1.54) is 0 Å². The fourth-order valence-electron chi connectivity index (χ4n) is 2.68. The molecule has 6 nitrogen and oxygen atoms in total. The topological polar surface area (TPSA) is 82.8 Å². The van der Waals surface area contributed by atoms with Crippen LogP contribution in [0, 0.1) is 0 Å². The van der Waals surface area contributed by atoms with Crippen molar-refractivity contribution in [3.63, 3.8) is 0 Å². The van der Waals surface area contributed by atoms with Gasteiger partial charge in [-0.3, -0.25) is 9.79 Å². The molecule has 2 rings (SSSR count). The molecule has 1 fully saturated rings. The summed E-state index contributed by atoms with van der Waals surface area (Å²) in [6.45, 7) is 8.32. The minimum absolute atomic E-state index is 0.0547. The molecule has 1 saturated heterocycles. The standard InChI is InChI=1S/C15H25N5O/c1-3-20(4-2)10-6-9-17-15-18-12-8-5-7-11(14(16)21)13(12)19-15/h5,7-8,12-13H,3-4,6,9-10H2,1-2H3,(H2,16,21)(H2,17,18,19). The number of fused-ring (bicyclic) bond motifs is 1. The van der Waals surface area contributed by atoms with E-state index in [4.69, 9.17) is 5.73 Å². The normalized spacial score (nSPS) is 25.5. The smallest absolute Gasteiger partial charge is 0.246 e. The molecule has 4 N–H and O–H groups in total. The van der Waals surface area contributed by atoms with Gasteiger partial charge in [-0.2, -0.15) is 0 Å². The summed E-state index contributed by atoms with van der Waals surface area (Å²) in [5, 5.41) is 6.53. The van der Waals surface area contributed by atoms with Crippen LogP contribution in [0.15, 0.2) is 28.8 Å². The van der Waals surface area contributed by atoms with Gasteiger partial charge in [0.15, 0.2) is 5.96 Å². The highest BCUT2D eigenvalue weighted by Gasteiger charge is 2.34. The lowest BCUT2D eigenvalue weighted by Gasteiger charge is -2.19. The van der Waals surface area contributed by atoms with E-state index in [1.807, 2.05) is 12.2 Å². The Balaban J connectivity index is 1.85. The molecular formula is C15H25N5O. The highest BCUT2D eigenvalue weighted by molar-refractivity contribution is 5.97. The molecular weight excluding hydrogens is 266 g/mol. The number of amides is 1. The third kappa shape index (κ3) is 3.85. The molecule has 1 amide bonds. The molecule has 1 aliphatic heterocycles. The van der Waals surface area contributed by atoms with Crippen molar-refractivity contribution in [1.29, 1.82) is 0 Å². The minimum Gasteiger partial charge on any atom is -0.366 e. The second-order valence-corrected chi connectivity index (χ2v) is 5.27. The Kier molecular flexibility index (Phi) is 5.38. The van der Waals surface area contributed by atoms with Crippen molar-refractivity contribution in [3.05, 3.63) is 23.8 Å². The lowest BCUT2D eigenvalue weighted by molar-refractivity contribution is -0.114. The van der Waals surface area contributed by atoms with Crippen molar-refractivity contribution in [2.75, 3.05) is 26.2 Å². The predicted octanol–water partition coefficient (Wildman–Crippen LogP) is -0.0142. The number of guanidine groups is 1. The summed E-state index contributed by atoms with van der Waals surface area (Å²) in [5.74, 6) is 0.370. The Morgan fingerprint density at radius 2 is 2.14 bits per heavy atom. The molecule has 0 aromatic heterocycles. The molecule has 0 radical (unpaired) electrons. The Bertz CT molecular complexity index is 465. The molecule has 0 spiro atoms. The fourth-order valence-corrected chi connectivity index (χ4v) is 2.68. The Morgan fingerprint density at radius 3 is 2.81 bits per heavy atom. The van der Waals surface area contributed by atoms with Gasteiger partial charge in [0.25, 0.3) is 0 Å². The second-order valence-electron chi connectivity index (χ2n) is 5.27. The molecule has 0 saturated carbocycles. The number of carbonyl (C=O) groups is 1. The number of hydrogen-bond donors (Lipinski definition) is 3. The van der Waals surface area contributed by atoms with E-state index in [2.05, 4.69) is 34.4 Å². The van der Waals surface area contributed by atoms with Crippen molar-refractivity contribution < 1.29 is 4.79 Å². The second kappa shape index (κ2) is 7.26. The maximum absolute atomic E-state index is 11.4. The maximum atomic E-state index is 11.4. The van der Waals surface area contributed by atoms with Gasteiger partial charge >= 0.3 is 0 Å². The molecule has 1 aliphatic carbocycles. The number of nitrogens with two attached hydrogens (primary N) is 1. The van der Waals surface area contributed by atoms with Crippen LogP contribution in [0.3, 0.4) is 0 Å². The van der Waals surface area contributed by atoms with Crippen molar-refractivity contribution in [2.45, 2.75) is 32.4 Å². The molecule has 21 heavy (non-hydrogen) atoms. The monoisotopic (exact) mass is 291 g/mol. The van der Waals surface area contributed by atoms with Crippen LogP contribution >= 0.6 is 0 Å². The molecule has 1 heterocycles. The highest BCUT2D eigenvalue weighted by Crippen LogP contribution is 2.17. The number of primary amides is 1. The fraction of sp³-hybridized carbons (Fsp3) is 0.600. The number of nitrogens with one attached hydrogen (secondary N) is 2. The van der Waals surface area contributed by atoms with Crippen molar-refractivity contribution in [3.8, 4) is 0 Å². The molecule has 6 heteroatoms. The van der Waals surface area contributed by atoms with Crippen LogP contribution in [-0.4, -0.2) is 55.0 Å². The molecule has 0 bridgehead atoms. The molecule has 2 atom stereocenters. The van der Waals surface area contributed by atoms with E-state index < -0.39 is 0 Å². The summed E-state index contributed by atoms with van der Waals surface area (Å²) in [5.41, 5.74) is 6.00. The first kappa shape index (κ1) is 15.6. The average Bonchev–Trinajstić information content (AvgIpc) is 2.89. The van der Waals surface area contributed by atoms with Crippen LogP contribution in [0.1, 0.15) is 20.3 Å². The first-order valence-corrected chi connectivity index (χ1v) is 7.63. The Morgan fingerprint density at radius 1 is 1.38 bits per heavy atom. The third-order valence-corrected chi connectivity index (χ3v) is 3.97. The van der Waals surface area contributed by atoms with E-state index in [-0.39, 0.29) is 18.0 Å². The molecule has 2 unspecified atom stereocenters. The maximum Gasteiger partial charge on any atom is 0.246 e. The van der Waals surface area contributed by atoms with Gasteiger partial charge in [-0.25, -0.2) is 0 Å². The SMILES string of the molecule is CCN(CC)CCCN=C1NC2C=CC=C(C(N)=O)C2N1. The number of allylic oxidation sites excluding steroid dienone is 2. The van der Waals surface area contributed by atoms with Gasteiger partial charge in [0, 0.05) is 12.1 Å². The zero-order valence-electron chi connectivity index (χ0n) is 12.8. The van der Waals surface area contributed by atoms with E-state index in [1.54, 1.807) is 6.08 Å². The summed E-state index contributed by atoms with van der Waals surface area (Å²) in [6, 6.07) is -0.0481. The van der Waals surface area contributed by atoms with Gasteiger partial charge in [-0.1, -0.05) is 32.1 Å². The van der Waals surface area contributed by atoms with Crippen molar-refractivity contribution in [1.82, 2.24) is 15.5 Å². The number of carbonyl (C=O) groups excluding carboxylic acids is 1. The summed E-state index contributed by atoms with van der Waals surface area (Å²) in [7, 11) is 0. The Labute approximate surface area is 126 Å². The zero-order valence-corrected chi connectivity index (χ0v) is 12.8. The first-order chi connectivity index (χ1) is 10.2. The van der Waals surface area contributed by atoms with Crippen LogP contribution < -0.4 is 16.4 Å². The van der Waals surface area contributed by atoms with Crippen LogP contribution in [-0.2, 0) is 4.79 Å². The number of rotatable bonds is 7. The van der Waals surface area contributed by atoms with Gasteiger partial charge < -0.3 is 21.3 Å². The van der Waals surface area contributed by atoms with Gasteiger partial charge in [0.05, 0.1) is 12.1 Å². The summed E-state index contributed by atoms with van der Waals surface area (Å²) in [6.07, 6.45) is 6.67. The first-order valence-electron chi connectivity index (χ1n) is 7.63. The lowest BCUT2D eigenvalue weighted by Crippen LogP contribution is -2.40. The summed E-state index contributed by atoms with van der Waals surface area (Å²) >= 11 is 0. The molecule has 0 aromatic rings. The lowest BCUT2D eigenvalue weighted by atomic mass is 9.95. The van der Waals surface area contributed by atoms with E-state index in [0.717, 1.165) is 38.6 Å². The van der Waals surface area contributed by atoms with Gasteiger partial charge in [0.2, 0.25) is 5.91 Å². The van der Waals surface area contributed by atoms with Crippen molar-refractivity contribution >= 4 is 11.9 Å². The Hall–Kier alpha value is -1.82. The van der Waals surface area contributed by atoms with Crippen LogP contribution in [0.25, 0.3) is 0 Å². The van der Waals surface area contributed by atoms with E-state index in [0.29, 0.717) is 5.57 Å². The summed E-state index contributed by atoms with van der Waals surface area (Å²) in [4.78, 5) is 18.3. The van der Waals surface area contributed by atoms with E-state index >= 15 is 0 Å². The van der Waals surface area contributed by atoms with Gasteiger partial charge in [-0.15, -0.1) is 0 Å². The van der Waals surface area contributed by atoms with Crippen molar-refractivity contribution in [2.24, 2.45) is 10.7 Å². The molecule has 116 valence electrons. The van der Waals surface area contributed by atoms with Gasteiger partial charge in [0.1, 0.15) is 0 Å². The van der Waals surface area contributed by atoms with Crippen LogP contribution in [0.2, 0.25) is 0 Å². The largest absolute Gasteiger partial charge is 0.366 e. The number of aliphatic imine (C=N–C) groups is 1.